The summed E-state index contributed by atoms with van der Waals surface area (Å²) in [4.78, 5) is 4.65. The van der Waals surface area contributed by atoms with Gasteiger partial charge in [0.25, 0.3) is 0 Å². The molecule has 1 aromatic carbocycles. The van der Waals surface area contributed by atoms with Gasteiger partial charge in [0.2, 0.25) is 0 Å². The third-order valence-electron chi connectivity index (χ3n) is 2.08. The molecule has 2 nitrogen and oxygen atoms in total. The molecule has 2 rings (SSSR count). The minimum atomic E-state index is -0.983. The van der Waals surface area contributed by atoms with Gasteiger partial charge in [-0.05, 0) is 0 Å². The molecule has 0 amide bonds. The standard InChI is InChI=1S/C10H5Cl3F2N2S/c11-7-5(14)1-6(8(12)9(7)15)16-2-4-3-17-10(13)18-4/h1,3,16H,2H2. The smallest absolute Gasteiger partial charge is 0.183 e. The van der Waals surface area contributed by atoms with Crippen LogP contribution in [0.15, 0.2) is 12.3 Å². The zero-order valence-corrected chi connectivity index (χ0v) is 11.7. The van der Waals surface area contributed by atoms with E-state index in [-0.39, 0.29) is 10.7 Å². The number of nitrogens with one attached hydrogen (secondary N) is 1. The number of aromatic nitrogens is 1. The largest absolute Gasteiger partial charge is 0.379 e. The number of benzene rings is 1. The van der Waals surface area contributed by atoms with Crippen molar-refractivity contribution in [1.82, 2.24) is 4.98 Å². The Labute approximate surface area is 121 Å². The lowest BCUT2D eigenvalue weighted by atomic mass is 10.3. The fraction of sp³-hybridized carbons (Fsp3) is 0.100. The quantitative estimate of drug-likeness (QED) is 0.633. The van der Waals surface area contributed by atoms with E-state index in [1.165, 1.54) is 11.3 Å². The van der Waals surface area contributed by atoms with E-state index in [9.17, 15) is 8.78 Å². The van der Waals surface area contributed by atoms with Crippen LogP contribution in [0.4, 0.5) is 14.5 Å². The molecule has 0 aliphatic rings. The minimum absolute atomic E-state index is 0.126. The molecule has 0 spiro atoms. The summed E-state index contributed by atoms with van der Waals surface area (Å²) >= 11 is 18.0. The molecule has 0 atom stereocenters. The number of halogens is 5. The highest BCUT2D eigenvalue weighted by Crippen LogP contribution is 2.33. The van der Waals surface area contributed by atoms with Gasteiger partial charge in [-0.3, -0.25) is 0 Å². The third kappa shape index (κ3) is 2.85. The van der Waals surface area contributed by atoms with Crippen molar-refractivity contribution in [3.05, 3.63) is 43.3 Å². The van der Waals surface area contributed by atoms with Crippen molar-refractivity contribution in [3.8, 4) is 0 Å². The van der Waals surface area contributed by atoms with E-state index in [0.29, 0.717) is 11.0 Å². The molecule has 1 aromatic heterocycles. The predicted octanol–water partition coefficient (Wildman–Crippen LogP) is 4.99. The van der Waals surface area contributed by atoms with Gasteiger partial charge in [-0.1, -0.05) is 34.8 Å². The van der Waals surface area contributed by atoms with Crippen LogP contribution in [0, 0.1) is 11.6 Å². The van der Waals surface area contributed by atoms with Crippen LogP contribution >= 0.6 is 46.1 Å². The SMILES string of the molecule is Fc1cc(NCc2cnc(Cl)s2)c(Cl)c(F)c1Cl. The van der Waals surface area contributed by atoms with E-state index in [1.807, 2.05) is 0 Å². The summed E-state index contributed by atoms with van der Waals surface area (Å²) in [6.07, 6.45) is 1.57. The second kappa shape index (κ2) is 5.57. The first-order chi connectivity index (χ1) is 8.49. The van der Waals surface area contributed by atoms with Crippen molar-refractivity contribution < 1.29 is 8.78 Å². The average Bonchev–Trinajstić information content (AvgIpc) is 2.75. The van der Waals surface area contributed by atoms with Gasteiger partial charge in [0.1, 0.15) is 15.9 Å². The second-order valence-electron chi connectivity index (χ2n) is 3.28. The van der Waals surface area contributed by atoms with Crippen LogP contribution in [0.1, 0.15) is 4.88 Å². The van der Waals surface area contributed by atoms with Gasteiger partial charge in [-0.2, -0.15) is 0 Å². The molecule has 0 saturated heterocycles. The summed E-state index contributed by atoms with van der Waals surface area (Å²) in [5, 5.41) is 1.92. The van der Waals surface area contributed by atoms with Crippen molar-refractivity contribution in [3.63, 3.8) is 0 Å². The molecule has 2 aromatic rings. The Morgan fingerprint density at radius 3 is 2.56 bits per heavy atom. The Hall–Kier alpha value is -0.620. The third-order valence-corrected chi connectivity index (χ3v) is 3.91. The van der Waals surface area contributed by atoms with Gasteiger partial charge in [-0.25, -0.2) is 13.8 Å². The lowest BCUT2D eigenvalue weighted by molar-refractivity contribution is 0.585. The van der Waals surface area contributed by atoms with Gasteiger partial charge < -0.3 is 5.32 Å². The molecule has 0 aliphatic carbocycles. The zero-order chi connectivity index (χ0) is 13.3. The fourth-order valence-electron chi connectivity index (χ4n) is 1.25. The van der Waals surface area contributed by atoms with E-state index in [1.54, 1.807) is 6.20 Å². The Morgan fingerprint density at radius 1 is 1.22 bits per heavy atom. The van der Waals surface area contributed by atoms with E-state index in [4.69, 9.17) is 34.8 Å². The van der Waals surface area contributed by atoms with E-state index < -0.39 is 16.7 Å². The summed E-state index contributed by atoms with van der Waals surface area (Å²) in [5.74, 6) is -1.86. The maximum absolute atomic E-state index is 13.4. The van der Waals surface area contributed by atoms with Crippen molar-refractivity contribution >= 4 is 51.8 Å². The first kappa shape index (κ1) is 13.8. The number of thiazole rings is 1. The zero-order valence-electron chi connectivity index (χ0n) is 8.61. The number of hydrogen-bond donors (Lipinski definition) is 1. The first-order valence-corrected chi connectivity index (χ1v) is 6.61. The highest BCUT2D eigenvalue weighted by Gasteiger charge is 2.15. The molecular formula is C10H5Cl3F2N2S. The maximum atomic E-state index is 13.4. The number of nitrogens with zero attached hydrogens (tertiary/aromatic N) is 1. The minimum Gasteiger partial charge on any atom is -0.379 e. The van der Waals surface area contributed by atoms with Gasteiger partial charge in [0, 0.05) is 17.1 Å². The summed E-state index contributed by atoms with van der Waals surface area (Å²) in [5.41, 5.74) is 0.126. The number of hydrogen-bond acceptors (Lipinski definition) is 3. The number of anilines is 1. The Bertz CT molecular complexity index is 589. The molecule has 0 bridgehead atoms. The van der Waals surface area contributed by atoms with Crippen LogP contribution in [0.3, 0.4) is 0 Å². The summed E-state index contributed by atoms with van der Waals surface area (Å²) < 4.78 is 27.1. The molecule has 1 N–H and O–H groups in total. The van der Waals surface area contributed by atoms with Crippen LogP contribution in [-0.2, 0) is 6.54 Å². The number of rotatable bonds is 3. The Kier molecular flexibility index (Phi) is 4.27. The molecule has 8 heteroatoms. The van der Waals surface area contributed by atoms with Crippen LogP contribution in [0.5, 0.6) is 0 Å². The predicted molar refractivity (Wildman–Crippen MR) is 70.8 cm³/mol. The highest BCUT2D eigenvalue weighted by molar-refractivity contribution is 7.15. The fourth-order valence-corrected chi connectivity index (χ4v) is 2.58. The first-order valence-electron chi connectivity index (χ1n) is 4.66. The van der Waals surface area contributed by atoms with Crippen LogP contribution in [-0.4, -0.2) is 4.98 Å². The molecule has 0 radical (unpaired) electrons. The maximum Gasteiger partial charge on any atom is 0.183 e. The lowest BCUT2D eigenvalue weighted by Crippen LogP contribution is -2.00. The normalized spacial score (nSPS) is 10.7. The summed E-state index contributed by atoms with van der Waals surface area (Å²) in [6.45, 7) is 0.310. The molecular weight excluding hydrogens is 325 g/mol. The topological polar surface area (TPSA) is 24.9 Å². The molecule has 18 heavy (non-hydrogen) atoms. The molecule has 0 saturated carbocycles. The highest BCUT2D eigenvalue weighted by atomic mass is 35.5. The van der Waals surface area contributed by atoms with Gasteiger partial charge in [-0.15, -0.1) is 11.3 Å². The molecule has 0 aliphatic heterocycles. The Balaban J connectivity index is 2.19. The molecule has 0 fully saturated rings. The van der Waals surface area contributed by atoms with E-state index in [2.05, 4.69) is 10.3 Å². The van der Waals surface area contributed by atoms with Gasteiger partial charge >= 0.3 is 0 Å². The average molecular weight is 330 g/mol. The van der Waals surface area contributed by atoms with Gasteiger partial charge in [0.15, 0.2) is 10.3 Å². The van der Waals surface area contributed by atoms with Crippen LogP contribution in [0.2, 0.25) is 14.5 Å². The second-order valence-corrected chi connectivity index (χ2v) is 5.73. The molecule has 1 heterocycles. The summed E-state index contributed by atoms with van der Waals surface area (Å²) in [6, 6.07) is 1.04. The lowest BCUT2D eigenvalue weighted by Gasteiger charge is -2.09. The molecule has 0 unspecified atom stereocenters. The van der Waals surface area contributed by atoms with Crippen molar-refractivity contribution in [2.75, 3.05) is 5.32 Å². The van der Waals surface area contributed by atoms with Crippen molar-refractivity contribution in [2.45, 2.75) is 6.54 Å². The van der Waals surface area contributed by atoms with Gasteiger partial charge in [0.05, 0.1) is 12.2 Å². The van der Waals surface area contributed by atoms with Crippen molar-refractivity contribution in [1.29, 1.82) is 0 Å². The monoisotopic (exact) mass is 328 g/mol. The van der Waals surface area contributed by atoms with E-state index in [0.717, 1.165) is 10.9 Å². The summed E-state index contributed by atoms with van der Waals surface area (Å²) in [7, 11) is 0. The molecule has 96 valence electrons. The van der Waals surface area contributed by atoms with E-state index >= 15 is 0 Å². The Morgan fingerprint density at radius 2 is 1.94 bits per heavy atom. The van der Waals surface area contributed by atoms with Crippen molar-refractivity contribution in [2.24, 2.45) is 0 Å². The van der Waals surface area contributed by atoms with Crippen LogP contribution < -0.4 is 5.32 Å². The van der Waals surface area contributed by atoms with Crippen LogP contribution in [0.25, 0.3) is 0 Å².